The molecular formula is C33H37N3O4S. The Morgan fingerprint density at radius 1 is 0.829 bits per heavy atom. The predicted octanol–water partition coefficient (Wildman–Crippen LogP) is 5.08. The van der Waals surface area contributed by atoms with Gasteiger partial charge in [-0.1, -0.05) is 91.0 Å². The minimum absolute atomic E-state index is 0.139. The van der Waals surface area contributed by atoms with Crippen molar-refractivity contribution in [2.24, 2.45) is 0 Å². The molecule has 0 aliphatic rings. The van der Waals surface area contributed by atoms with E-state index in [-0.39, 0.29) is 24.9 Å². The van der Waals surface area contributed by atoms with Gasteiger partial charge >= 0.3 is 0 Å². The Bertz CT molecular complexity index is 1610. The summed E-state index contributed by atoms with van der Waals surface area (Å²) in [5, 5.41) is 4.56. The van der Waals surface area contributed by atoms with Gasteiger partial charge in [-0.25, -0.2) is 8.42 Å². The summed E-state index contributed by atoms with van der Waals surface area (Å²) >= 11 is 0. The van der Waals surface area contributed by atoms with E-state index < -0.39 is 28.5 Å². The second-order valence-electron chi connectivity index (χ2n) is 10.6. The van der Waals surface area contributed by atoms with Crippen LogP contribution in [0, 0.1) is 6.92 Å². The number of hydrogen-bond acceptors (Lipinski definition) is 4. The molecule has 0 saturated carbocycles. The quantitative estimate of drug-likeness (QED) is 0.272. The number of nitrogens with zero attached hydrogens (tertiary/aromatic N) is 2. The van der Waals surface area contributed by atoms with Crippen LogP contribution in [0.5, 0.6) is 0 Å². The van der Waals surface area contributed by atoms with Crippen molar-refractivity contribution >= 4 is 38.3 Å². The van der Waals surface area contributed by atoms with Crippen LogP contribution in [0.15, 0.2) is 97.1 Å². The minimum Gasteiger partial charge on any atom is -0.352 e. The Morgan fingerprint density at radius 3 is 2.15 bits per heavy atom. The SMILES string of the molecule is Cc1ccccc1CN(C(=O)CN(c1cccc2ccccc12)S(C)(=O)=O)[C@@H](Cc1ccccc1)C(=O)NC(C)C. The third-order valence-electron chi connectivity index (χ3n) is 7.02. The van der Waals surface area contributed by atoms with E-state index in [0.717, 1.165) is 38.0 Å². The molecule has 2 amide bonds. The van der Waals surface area contributed by atoms with Crippen molar-refractivity contribution in [2.75, 3.05) is 17.1 Å². The molecule has 0 spiro atoms. The van der Waals surface area contributed by atoms with E-state index in [1.807, 2.05) is 106 Å². The van der Waals surface area contributed by atoms with Gasteiger partial charge in [0, 0.05) is 24.4 Å². The second-order valence-corrected chi connectivity index (χ2v) is 12.5. The summed E-state index contributed by atoms with van der Waals surface area (Å²) in [4.78, 5) is 29.5. The molecule has 0 bridgehead atoms. The molecule has 0 radical (unpaired) electrons. The Hall–Kier alpha value is -4.17. The molecule has 0 saturated heterocycles. The molecule has 8 heteroatoms. The number of carbonyl (C=O) groups is 2. The van der Waals surface area contributed by atoms with Crippen molar-refractivity contribution in [1.29, 1.82) is 0 Å². The normalized spacial score (nSPS) is 12.2. The summed E-state index contributed by atoms with van der Waals surface area (Å²) in [6.07, 6.45) is 1.38. The molecule has 4 rings (SSSR count). The summed E-state index contributed by atoms with van der Waals surface area (Å²) in [5.41, 5.74) is 3.17. The third-order valence-corrected chi connectivity index (χ3v) is 8.14. The lowest BCUT2D eigenvalue weighted by atomic mass is 10.0. The average molecular weight is 572 g/mol. The van der Waals surface area contributed by atoms with Crippen LogP contribution in [0.1, 0.15) is 30.5 Å². The Labute approximate surface area is 242 Å². The van der Waals surface area contributed by atoms with E-state index in [0.29, 0.717) is 5.69 Å². The maximum Gasteiger partial charge on any atom is 0.244 e. The van der Waals surface area contributed by atoms with E-state index in [4.69, 9.17) is 0 Å². The van der Waals surface area contributed by atoms with Crippen molar-refractivity contribution in [1.82, 2.24) is 10.2 Å². The van der Waals surface area contributed by atoms with Crippen LogP contribution < -0.4 is 9.62 Å². The summed E-state index contributed by atoms with van der Waals surface area (Å²) in [5.74, 6) is -0.756. The van der Waals surface area contributed by atoms with Gasteiger partial charge in [-0.2, -0.15) is 0 Å². The highest BCUT2D eigenvalue weighted by Gasteiger charge is 2.33. The maximum atomic E-state index is 14.3. The van der Waals surface area contributed by atoms with E-state index in [1.165, 1.54) is 4.90 Å². The van der Waals surface area contributed by atoms with Crippen LogP contribution in [0.3, 0.4) is 0 Å². The summed E-state index contributed by atoms with van der Waals surface area (Å²) in [7, 11) is -3.86. The third kappa shape index (κ3) is 7.52. The fourth-order valence-electron chi connectivity index (χ4n) is 4.93. The van der Waals surface area contributed by atoms with Crippen LogP contribution >= 0.6 is 0 Å². The summed E-state index contributed by atoms with van der Waals surface area (Å²) in [6, 6.07) is 29.1. The fraction of sp³-hybridized carbons (Fsp3) is 0.273. The molecule has 0 aliphatic carbocycles. The van der Waals surface area contributed by atoms with Crippen molar-refractivity contribution in [2.45, 2.75) is 45.8 Å². The number of aryl methyl sites for hydroxylation is 1. The number of sulfonamides is 1. The molecule has 0 fully saturated rings. The molecule has 214 valence electrons. The first-order valence-electron chi connectivity index (χ1n) is 13.7. The molecule has 0 unspecified atom stereocenters. The van der Waals surface area contributed by atoms with Crippen LogP contribution in [0.25, 0.3) is 10.8 Å². The zero-order valence-electron chi connectivity index (χ0n) is 23.9. The highest BCUT2D eigenvalue weighted by atomic mass is 32.2. The van der Waals surface area contributed by atoms with Gasteiger partial charge < -0.3 is 10.2 Å². The lowest BCUT2D eigenvalue weighted by molar-refractivity contribution is -0.140. The number of benzene rings is 4. The van der Waals surface area contributed by atoms with E-state index in [1.54, 1.807) is 12.1 Å². The number of rotatable bonds is 11. The molecule has 1 atom stereocenters. The lowest BCUT2D eigenvalue weighted by Gasteiger charge is -2.34. The topological polar surface area (TPSA) is 86.8 Å². The molecule has 0 aromatic heterocycles. The van der Waals surface area contributed by atoms with Crippen molar-refractivity contribution in [3.63, 3.8) is 0 Å². The molecule has 41 heavy (non-hydrogen) atoms. The van der Waals surface area contributed by atoms with E-state index in [9.17, 15) is 18.0 Å². The zero-order valence-corrected chi connectivity index (χ0v) is 24.8. The first-order valence-corrected chi connectivity index (χ1v) is 15.5. The largest absolute Gasteiger partial charge is 0.352 e. The number of hydrogen-bond donors (Lipinski definition) is 1. The number of amides is 2. The summed E-state index contributed by atoms with van der Waals surface area (Å²) < 4.78 is 27.5. The number of nitrogens with one attached hydrogen (secondary N) is 1. The van der Waals surface area contributed by atoms with Gasteiger partial charge in [-0.15, -0.1) is 0 Å². The lowest BCUT2D eigenvalue weighted by Crippen LogP contribution is -2.54. The number of fused-ring (bicyclic) bond motifs is 1. The van der Waals surface area contributed by atoms with Gasteiger partial charge in [0.2, 0.25) is 21.8 Å². The van der Waals surface area contributed by atoms with Gasteiger partial charge in [-0.3, -0.25) is 13.9 Å². The monoisotopic (exact) mass is 571 g/mol. The van der Waals surface area contributed by atoms with Crippen LogP contribution in [-0.4, -0.2) is 50.0 Å². The minimum atomic E-state index is -3.86. The fourth-order valence-corrected chi connectivity index (χ4v) is 5.79. The molecule has 1 N–H and O–H groups in total. The molecule has 4 aromatic rings. The highest BCUT2D eigenvalue weighted by Crippen LogP contribution is 2.29. The first kappa shape index (κ1) is 29.8. The molecule has 0 heterocycles. The van der Waals surface area contributed by atoms with Crippen molar-refractivity contribution in [3.05, 3.63) is 114 Å². The van der Waals surface area contributed by atoms with E-state index >= 15 is 0 Å². The zero-order chi connectivity index (χ0) is 29.6. The first-order chi connectivity index (χ1) is 19.5. The van der Waals surface area contributed by atoms with Crippen LogP contribution in [0.4, 0.5) is 5.69 Å². The van der Waals surface area contributed by atoms with Gasteiger partial charge in [0.25, 0.3) is 0 Å². The van der Waals surface area contributed by atoms with Gasteiger partial charge in [0.1, 0.15) is 12.6 Å². The van der Waals surface area contributed by atoms with Gasteiger partial charge in [-0.05, 0) is 48.9 Å². The average Bonchev–Trinajstić information content (AvgIpc) is 2.93. The highest BCUT2D eigenvalue weighted by molar-refractivity contribution is 7.92. The molecular weight excluding hydrogens is 534 g/mol. The molecule has 7 nitrogen and oxygen atoms in total. The summed E-state index contributed by atoms with van der Waals surface area (Å²) in [6.45, 7) is 5.41. The predicted molar refractivity (Wildman–Crippen MR) is 165 cm³/mol. The van der Waals surface area contributed by atoms with Crippen molar-refractivity contribution < 1.29 is 18.0 Å². The Kier molecular flexibility index (Phi) is 9.45. The Morgan fingerprint density at radius 2 is 1.46 bits per heavy atom. The van der Waals surface area contributed by atoms with Crippen LogP contribution in [-0.2, 0) is 32.6 Å². The van der Waals surface area contributed by atoms with E-state index in [2.05, 4.69) is 5.32 Å². The smallest absolute Gasteiger partial charge is 0.244 e. The standard InChI is InChI=1S/C33H37N3O4S/c1-24(2)34-33(38)31(21-26-14-6-5-7-15-26)35(22-28-17-9-8-13-25(28)3)32(37)23-36(41(4,39)40)30-20-12-18-27-16-10-11-19-29(27)30/h5-20,24,31H,21-23H2,1-4H3,(H,34,38)/t31-/m0/s1. The molecule has 0 aliphatic heterocycles. The second kappa shape index (κ2) is 13.0. The van der Waals surface area contributed by atoms with Gasteiger partial charge in [0.15, 0.2) is 0 Å². The van der Waals surface area contributed by atoms with Crippen LogP contribution in [0.2, 0.25) is 0 Å². The number of carbonyl (C=O) groups excluding carboxylic acids is 2. The Balaban J connectivity index is 1.79. The molecule has 4 aromatic carbocycles. The maximum absolute atomic E-state index is 14.3. The number of anilines is 1. The van der Waals surface area contributed by atoms with Crippen molar-refractivity contribution in [3.8, 4) is 0 Å². The van der Waals surface area contributed by atoms with Gasteiger partial charge in [0.05, 0.1) is 11.9 Å².